The van der Waals surface area contributed by atoms with Crippen molar-refractivity contribution in [2.45, 2.75) is 76.8 Å². The topological polar surface area (TPSA) is 74.1 Å². The Balaban J connectivity index is 1.34. The molecule has 0 spiro atoms. The summed E-state index contributed by atoms with van der Waals surface area (Å²) in [6.45, 7) is 4.30. The van der Waals surface area contributed by atoms with E-state index in [1.54, 1.807) is 12.3 Å². The van der Waals surface area contributed by atoms with E-state index in [2.05, 4.69) is 17.2 Å². The summed E-state index contributed by atoms with van der Waals surface area (Å²) in [5.74, 6) is 1.60. The third-order valence-electron chi connectivity index (χ3n) is 9.45. The van der Waals surface area contributed by atoms with Crippen molar-refractivity contribution in [3.63, 3.8) is 0 Å². The number of alkyl halides is 3. The van der Waals surface area contributed by atoms with Gasteiger partial charge >= 0.3 is 15.6 Å². The molecule has 3 fully saturated rings. The van der Waals surface area contributed by atoms with Crippen molar-refractivity contribution in [3.05, 3.63) is 24.2 Å². The fraction of sp³-hybridized carbons (Fsp3) is 0.818. The van der Waals surface area contributed by atoms with Crippen LogP contribution < -0.4 is 0 Å². The number of halogens is 3. The minimum Gasteiger partial charge on any atom is -0.380 e. The summed E-state index contributed by atoms with van der Waals surface area (Å²) in [5.41, 5.74) is -5.86. The van der Waals surface area contributed by atoms with E-state index in [0.29, 0.717) is 36.6 Å². The molecule has 178 valence electrons. The number of hydrogen-bond acceptors (Lipinski definition) is 5. The largest absolute Gasteiger partial charge is 0.534 e. The molecule has 0 N–H and O–H groups in total. The maximum Gasteiger partial charge on any atom is 0.534 e. The first-order valence-corrected chi connectivity index (χ1v) is 12.9. The van der Waals surface area contributed by atoms with Crippen LogP contribution in [0.5, 0.6) is 0 Å². The molecule has 7 atom stereocenters. The van der Waals surface area contributed by atoms with E-state index in [4.69, 9.17) is 4.18 Å². The Morgan fingerprint density at radius 2 is 1.91 bits per heavy atom. The molecule has 2 unspecified atom stereocenters. The van der Waals surface area contributed by atoms with Crippen LogP contribution in [-0.2, 0) is 14.3 Å². The van der Waals surface area contributed by atoms with Crippen LogP contribution in [0, 0.1) is 34.5 Å². The summed E-state index contributed by atoms with van der Waals surface area (Å²) in [7, 11) is -5.64. The molecule has 3 saturated carbocycles. The van der Waals surface area contributed by atoms with E-state index >= 15 is 0 Å². The molecule has 0 bridgehead atoms. The van der Waals surface area contributed by atoms with E-state index in [0.717, 1.165) is 38.5 Å². The lowest BCUT2D eigenvalue weighted by Gasteiger charge is -2.60. The molecule has 1 aromatic rings. The van der Waals surface area contributed by atoms with Crippen molar-refractivity contribution >= 4 is 10.1 Å². The van der Waals surface area contributed by atoms with Crippen LogP contribution in [0.4, 0.5) is 13.2 Å². The van der Waals surface area contributed by atoms with Crippen molar-refractivity contribution < 1.29 is 25.8 Å². The van der Waals surface area contributed by atoms with Crippen molar-refractivity contribution in [2.75, 3.05) is 0 Å². The van der Waals surface area contributed by atoms with Gasteiger partial charge in [0, 0.05) is 11.6 Å². The van der Waals surface area contributed by atoms with Gasteiger partial charge in [-0.3, -0.25) is 0 Å². The van der Waals surface area contributed by atoms with Gasteiger partial charge in [-0.25, -0.2) is 4.68 Å². The molecule has 1 heterocycles. The summed E-state index contributed by atoms with van der Waals surface area (Å²) in [6.07, 6.45) is 12.8. The maximum atomic E-state index is 12.9. The molecule has 0 saturated heterocycles. The Kier molecular flexibility index (Phi) is 5.01. The van der Waals surface area contributed by atoms with E-state index in [1.165, 1.54) is 0 Å². The van der Waals surface area contributed by atoms with Gasteiger partial charge in [-0.2, -0.15) is 21.6 Å². The lowest BCUT2D eigenvalue weighted by molar-refractivity contribution is -0.111. The van der Waals surface area contributed by atoms with Crippen LogP contribution in [0.2, 0.25) is 0 Å². The summed E-state index contributed by atoms with van der Waals surface area (Å²) < 4.78 is 68.8. The van der Waals surface area contributed by atoms with Gasteiger partial charge in [0.1, 0.15) is 5.76 Å². The van der Waals surface area contributed by atoms with Gasteiger partial charge in [0.15, 0.2) is 0 Å². The molecule has 5 rings (SSSR count). The summed E-state index contributed by atoms with van der Waals surface area (Å²) in [6, 6.07) is 0.377. The van der Waals surface area contributed by atoms with Gasteiger partial charge in [-0.1, -0.05) is 19.1 Å². The standard InChI is InChI=1S/C22H30F3N3O3S/c1-20-9-7-15(28-12-11-26-27-28)13-14(20)3-4-16-17-5-6-19(21(17,2)10-8-18(16)20)31-32(29,30)22(23,24)25/h6,11-12,14-18H,3-5,7-10,13H2,1-2H3/t14?,15-,16-,17-,18?,20-,21-/m0/s1. The fourth-order valence-electron chi connectivity index (χ4n) is 7.71. The molecule has 4 aliphatic carbocycles. The maximum absolute atomic E-state index is 12.9. The van der Waals surface area contributed by atoms with Crippen molar-refractivity contribution in [1.29, 1.82) is 0 Å². The fourth-order valence-corrected chi connectivity index (χ4v) is 8.30. The SMILES string of the molecule is C[C@]12CC[C@H](n3ccnn3)CC1CC[C@@H]1C2CC[C@]2(C)C(OS(=O)(=O)C(F)(F)F)=CC[C@@H]12. The van der Waals surface area contributed by atoms with Gasteiger partial charge in [0.25, 0.3) is 0 Å². The third kappa shape index (κ3) is 3.22. The summed E-state index contributed by atoms with van der Waals surface area (Å²) in [4.78, 5) is 0. The monoisotopic (exact) mass is 473 g/mol. The molecule has 10 heteroatoms. The lowest BCUT2D eigenvalue weighted by Crippen LogP contribution is -2.53. The van der Waals surface area contributed by atoms with Gasteiger partial charge in [0.05, 0.1) is 12.2 Å². The second-order valence-electron chi connectivity index (χ2n) is 10.7. The Morgan fingerprint density at radius 3 is 2.59 bits per heavy atom. The minimum atomic E-state index is -5.64. The molecule has 1 aromatic heterocycles. The molecule has 0 amide bonds. The molecule has 4 aliphatic rings. The highest BCUT2D eigenvalue weighted by molar-refractivity contribution is 7.87. The molecule has 0 aliphatic heterocycles. The number of fused-ring (bicyclic) bond motifs is 5. The van der Waals surface area contributed by atoms with E-state index < -0.39 is 21.0 Å². The third-order valence-corrected chi connectivity index (χ3v) is 10.4. The second-order valence-corrected chi connectivity index (χ2v) is 12.2. The molecular formula is C22H30F3N3O3S. The van der Waals surface area contributed by atoms with Crippen molar-refractivity contribution in [1.82, 2.24) is 15.0 Å². The van der Waals surface area contributed by atoms with Crippen LogP contribution in [0.25, 0.3) is 0 Å². The quantitative estimate of drug-likeness (QED) is 0.444. The average Bonchev–Trinajstić information content (AvgIpc) is 3.35. The number of aromatic nitrogens is 3. The predicted molar refractivity (Wildman–Crippen MR) is 110 cm³/mol. The first kappa shape index (κ1) is 22.2. The van der Waals surface area contributed by atoms with Crippen LogP contribution in [0.3, 0.4) is 0 Å². The number of rotatable bonds is 3. The van der Waals surface area contributed by atoms with Gasteiger partial charge in [-0.15, -0.1) is 5.10 Å². The smallest absolute Gasteiger partial charge is 0.380 e. The Hall–Kier alpha value is -1.58. The number of nitrogens with zero attached hydrogens (tertiary/aromatic N) is 3. The minimum absolute atomic E-state index is 0.000409. The van der Waals surface area contributed by atoms with Gasteiger partial charge in [-0.05, 0) is 86.5 Å². The van der Waals surface area contributed by atoms with Crippen LogP contribution >= 0.6 is 0 Å². The average molecular weight is 474 g/mol. The van der Waals surface area contributed by atoms with Crippen LogP contribution in [0.15, 0.2) is 24.2 Å². The first-order valence-electron chi connectivity index (χ1n) is 11.5. The highest BCUT2D eigenvalue weighted by atomic mass is 32.2. The molecule has 0 radical (unpaired) electrons. The Bertz CT molecular complexity index is 1010. The second kappa shape index (κ2) is 7.21. The van der Waals surface area contributed by atoms with Crippen LogP contribution in [-0.4, -0.2) is 28.9 Å². The number of allylic oxidation sites excluding steroid dienone is 2. The highest BCUT2D eigenvalue weighted by Gasteiger charge is 2.60. The summed E-state index contributed by atoms with van der Waals surface area (Å²) >= 11 is 0. The first-order chi connectivity index (χ1) is 15.0. The normalized spacial score (nSPS) is 41.9. The zero-order chi connectivity index (χ0) is 22.9. The highest BCUT2D eigenvalue weighted by Crippen LogP contribution is 2.67. The van der Waals surface area contributed by atoms with Crippen molar-refractivity contribution in [2.24, 2.45) is 34.5 Å². The zero-order valence-corrected chi connectivity index (χ0v) is 19.2. The molecule has 6 nitrogen and oxygen atoms in total. The Morgan fingerprint density at radius 1 is 1.12 bits per heavy atom. The number of hydrogen-bond donors (Lipinski definition) is 0. The summed E-state index contributed by atoms with van der Waals surface area (Å²) in [5, 5.41) is 8.16. The molecular weight excluding hydrogens is 443 g/mol. The molecule has 0 aromatic carbocycles. The van der Waals surface area contributed by atoms with Gasteiger partial charge in [0.2, 0.25) is 0 Å². The van der Waals surface area contributed by atoms with Crippen molar-refractivity contribution in [3.8, 4) is 0 Å². The lowest BCUT2D eigenvalue weighted by atomic mass is 9.45. The van der Waals surface area contributed by atoms with Crippen LogP contribution in [0.1, 0.15) is 71.3 Å². The predicted octanol–water partition coefficient (Wildman–Crippen LogP) is 5.22. The van der Waals surface area contributed by atoms with E-state index in [-0.39, 0.29) is 17.1 Å². The zero-order valence-electron chi connectivity index (χ0n) is 18.4. The van der Waals surface area contributed by atoms with Gasteiger partial charge < -0.3 is 4.18 Å². The molecule has 32 heavy (non-hydrogen) atoms. The van der Waals surface area contributed by atoms with E-state index in [1.807, 2.05) is 17.8 Å². The Labute approximate surface area is 186 Å². The van der Waals surface area contributed by atoms with E-state index in [9.17, 15) is 21.6 Å².